The van der Waals surface area contributed by atoms with Crippen LogP contribution in [0.15, 0.2) is 128 Å². The van der Waals surface area contributed by atoms with Crippen LogP contribution in [0.25, 0.3) is 32.9 Å². The summed E-state index contributed by atoms with van der Waals surface area (Å²) in [6.07, 6.45) is 20.2. The quantitative estimate of drug-likeness (QED) is 0.135. The van der Waals surface area contributed by atoms with Gasteiger partial charge in [0.25, 0.3) is 0 Å². The maximum absolute atomic E-state index is 6.89. The highest BCUT2D eigenvalue weighted by Gasteiger charge is 2.40. The Morgan fingerprint density at radius 2 is 1.57 bits per heavy atom. The number of benzene rings is 3. The van der Waals surface area contributed by atoms with Crippen LogP contribution >= 0.6 is 0 Å². The lowest BCUT2D eigenvalue weighted by molar-refractivity contribution is 0.317. The lowest BCUT2D eigenvalue weighted by Crippen LogP contribution is -2.36. The van der Waals surface area contributed by atoms with E-state index in [0.717, 1.165) is 64.4 Å². The van der Waals surface area contributed by atoms with E-state index in [9.17, 15) is 0 Å². The third-order valence-corrected chi connectivity index (χ3v) is 14.4. The maximum Gasteiger partial charge on any atom is 0.198 e. The van der Waals surface area contributed by atoms with E-state index in [0.29, 0.717) is 11.8 Å². The lowest BCUT2D eigenvalue weighted by atomic mass is 9.56. The lowest BCUT2D eigenvalue weighted by Gasteiger charge is -2.43. The molecule has 3 aliphatic rings. The van der Waals surface area contributed by atoms with Crippen LogP contribution in [0.2, 0.25) is 0 Å². The number of furan rings is 2. The van der Waals surface area contributed by atoms with Crippen LogP contribution in [0.4, 0.5) is 5.69 Å². The Kier molecular flexibility index (Phi) is 11.2. The first-order valence-electron chi connectivity index (χ1n) is 23.1. The van der Waals surface area contributed by atoms with E-state index >= 15 is 0 Å². The molecular weight excluding hydrogens is 743 g/mol. The van der Waals surface area contributed by atoms with E-state index in [4.69, 9.17) is 8.83 Å². The molecule has 0 bridgehead atoms. The Hall–Kier alpha value is -4.64. The van der Waals surface area contributed by atoms with Gasteiger partial charge < -0.3 is 19.1 Å². The summed E-state index contributed by atoms with van der Waals surface area (Å²) < 4.78 is 13.4. The molecule has 3 aliphatic carbocycles. The van der Waals surface area contributed by atoms with Crippen LogP contribution in [-0.4, -0.2) is 13.3 Å². The van der Waals surface area contributed by atoms with Gasteiger partial charge in [0.2, 0.25) is 0 Å². The summed E-state index contributed by atoms with van der Waals surface area (Å²) in [7, 11) is 2.44. The summed E-state index contributed by atoms with van der Waals surface area (Å²) >= 11 is 0. The Morgan fingerprint density at radius 3 is 2.28 bits per heavy atom. The van der Waals surface area contributed by atoms with Gasteiger partial charge in [-0.25, -0.2) is 0 Å². The number of fused-ring (bicyclic) bond motifs is 5. The van der Waals surface area contributed by atoms with Crippen LogP contribution < -0.4 is 15.7 Å². The zero-order chi connectivity index (χ0) is 43.6. The van der Waals surface area contributed by atoms with Gasteiger partial charge in [-0.05, 0) is 138 Å². The molecule has 2 atom stereocenters. The van der Waals surface area contributed by atoms with Crippen molar-refractivity contribution in [2.75, 3.05) is 4.90 Å². The van der Waals surface area contributed by atoms with Crippen LogP contribution in [0.3, 0.4) is 0 Å². The van der Waals surface area contributed by atoms with Crippen LogP contribution in [-0.2, 0) is 10.8 Å². The van der Waals surface area contributed by atoms with Gasteiger partial charge in [0.05, 0.1) is 12.0 Å². The molecule has 1 N–H and O–H groups in total. The molecule has 3 aromatic carbocycles. The van der Waals surface area contributed by atoms with Crippen molar-refractivity contribution in [2.45, 2.75) is 145 Å². The molecule has 5 aromatic rings. The fourth-order valence-electron chi connectivity index (χ4n) is 10.2. The Balaban J connectivity index is 1.37. The summed E-state index contributed by atoms with van der Waals surface area (Å²) in [5.74, 6) is 0.809. The number of para-hydroxylation sites is 2. The molecule has 2 unspecified atom stereocenters. The van der Waals surface area contributed by atoms with Crippen LogP contribution in [0, 0.1) is 22.7 Å². The number of rotatable bonds is 11. The predicted molar refractivity (Wildman–Crippen MR) is 262 cm³/mol. The summed E-state index contributed by atoms with van der Waals surface area (Å²) in [6, 6.07) is 20.1. The summed E-state index contributed by atoms with van der Waals surface area (Å²) in [5.41, 5.74) is 14.9. The second-order valence-corrected chi connectivity index (χ2v) is 22.1. The first-order chi connectivity index (χ1) is 28.8. The van der Waals surface area contributed by atoms with Crippen molar-refractivity contribution in [1.29, 1.82) is 0 Å². The number of nitrogens with zero attached hydrogens (tertiary/aromatic N) is 1. The molecule has 0 spiro atoms. The van der Waals surface area contributed by atoms with Crippen molar-refractivity contribution in [3.8, 4) is 0 Å². The normalized spacial score (nSPS) is 20.7. The average Bonchev–Trinajstić information content (AvgIpc) is 3.79. The summed E-state index contributed by atoms with van der Waals surface area (Å²) in [6.45, 7) is 30.8. The molecule has 0 saturated heterocycles. The predicted octanol–water partition coefficient (Wildman–Crippen LogP) is 14.9. The molecule has 0 saturated carbocycles. The monoisotopic (exact) mass is 814 g/mol. The minimum absolute atomic E-state index is 0.0330. The van der Waals surface area contributed by atoms with Crippen molar-refractivity contribution >= 4 is 51.3 Å². The van der Waals surface area contributed by atoms with E-state index in [2.05, 4.69) is 193 Å². The van der Waals surface area contributed by atoms with Crippen LogP contribution in [0.5, 0.6) is 0 Å². The van der Waals surface area contributed by atoms with E-state index in [1.165, 1.54) is 57.4 Å². The second-order valence-electron chi connectivity index (χ2n) is 22.1. The fraction of sp³-hybridized carbons (Fsp3) is 0.464. The van der Waals surface area contributed by atoms with Gasteiger partial charge in [-0.1, -0.05) is 142 Å². The molecule has 8 rings (SSSR count). The standard InChI is InChI=1S/C56H70BN2O2/c1-14-54(8,9)43-32-46(57-47-34-60-51-33-45-44(30-42(47)51)55(10,11)24-25-56(45,12)13)49(31-41(43)35(2)3)59(38-28-36(4)27-37(29-38)58-26-18-23-53(5,6)7)48-21-17-20-40-39-19-15-16-22-50(39)61-52(40)48/h15-22,26,28-30,32-35,37,41,58H,14,23-25,27,31H2,1-13H3/b26-18+. The third kappa shape index (κ3) is 8.36. The molecule has 0 aliphatic heterocycles. The summed E-state index contributed by atoms with van der Waals surface area (Å²) in [5, 5.41) is 7.26. The maximum atomic E-state index is 6.89. The molecular formula is C56H70BN2O2. The smallest absolute Gasteiger partial charge is 0.198 e. The molecule has 0 amide bonds. The van der Waals surface area contributed by atoms with Crippen molar-refractivity contribution in [1.82, 2.24) is 5.32 Å². The zero-order valence-corrected chi connectivity index (χ0v) is 39.5. The Bertz CT molecular complexity index is 2630. The van der Waals surface area contributed by atoms with Crippen LogP contribution in [0.1, 0.15) is 140 Å². The molecule has 0 fully saturated rings. The number of allylic oxidation sites excluding steroid dienone is 6. The van der Waals surface area contributed by atoms with Gasteiger partial charge >= 0.3 is 0 Å². The first-order valence-corrected chi connectivity index (χ1v) is 23.1. The number of hydrogen-bond donors (Lipinski definition) is 1. The van der Waals surface area contributed by atoms with Crippen molar-refractivity contribution in [2.24, 2.45) is 22.7 Å². The van der Waals surface area contributed by atoms with Gasteiger partial charge in [-0.2, -0.15) is 0 Å². The molecule has 2 aromatic heterocycles. The number of hydrogen-bond acceptors (Lipinski definition) is 4. The minimum Gasteiger partial charge on any atom is -0.465 e. The third-order valence-electron chi connectivity index (χ3n) is 14.4. The highest BCUT2D eigenvalue weighted by atomic mass is 16.3. The molecule has 5 heteroatoms. The van der Waals surface area contributed by atoms with E-state index in [-0.39, 0.29) is 27.7 Å². The van der Waals surface area contributed by atoms with Crippen molar-refractivity contribution < 1.29 is 8.83 Å². The zero-order valence-electron chi connectivity index (χ0n) is 39.5. The van der Waals surface area contributed by atoms with E-state index in [1.807, 2.05) is 6.26 Å². The molecule has 4 nitrogen and oxygen atoms in total. The first kappa shape index (κ1) is 43.0. The Morgan fingerprint density at radius 1 is 0.869 bits per heavy atom. The van der Waals surface area contributed by atoms with E-state index in [1.54, 1.807) is 0 Å². The molecule has 2 heterocycles. The minimum atomic E-state index is 0.0330. The van der Waals surface area contributed by atoms with Gasteiger partial charge in [0, 0.05) is 33.6 Å². The average molecular weight is 814 g/mol. The number of anilines is 1. The topological polar surface area (TPSA) is 41.6 Å². The van der Waals surface area contributed by atoms with Gasteiger partial charge in [0.15, 0.2) is 12.9 Å². The van der Waals surface area contributed by atoms with E-state index < -0.39 is 0 Å². The van der Waals surface area contributed by atoms with Crippen molar-refractivity contribution in [3.05, 3.63) is 131 Å². The highest BCUT2D eigenvalue weighted by molar-refractivity contribution is 6.65. The molecule has 61 heavy (non-hydrogen) atoms. The number of nitrogens with one attached hydrogen (secondary N) is 1. The van der Waals surface area contributed by atoms with Gasteiger partial charge in [-0.15, -0.1) is 0 Å². The molecule has 1 radical (unpaired) electrons. The molecule has 319 valence electrons. The van der Waals surface area contributed by atoms with Crippen molar-refractivity contribution in [3.63, 3.8) is 0 Å². The summed E-state index contributed by atoms with van der Waals surface area (Å²) in [4.78, 5) is 2.56. The highest BCUT2D eigenvalue weighted by Crippen LogP contribution is 2.50. The Labute approximate surface area is 367 Å². The SMILES string of the molecule is CCC(C)(C)C1=CC([B]c2coc3cc4c(cc23)C(C)(C)CCC4(C)C)=C(N(C2=CC(N/C=C/CC(C)(C)C)CC(C)=C2)c2cccc3c2oc2ccccc23)CC1C(C)C. The largest absolute Gasteiger partial charge is 0.465 e. The van der Waals surface area contributed by atoms with Gasteiger partial charge in [-0.3, -0.25) is 0 Å². The van der Waals surface area contributed by atoms with Gasteiger partial charge in [0.1, 0.15) is 11.2 Å². The second kappa shape index (κ2) is 15.9. The fourth-order valence-corrected chi connectivity index (χ4v) is 10.2.